The fourth-order valence-electron chi connectivity index (χ4n) is 3.51. The Morgan fingerprint density at radius 3 is 2.46 bits per heavy atom. The fraction of sp³-hybridized carbons (Fsp3) is 0.0800. The standard InChI is InChI=1S/C25H19N3O6S/c1-33-24(29)18-10-6-7-13-27(22(18)25(30)34-2)21-12-11-17(28(31)32)14-19(21)23-26-20(15-35-23)16-8-4-3-5-9-16/h3-15H,1-2H3. The molecule has 0 spiro atoms. The number of aromatic nitrogens is 1. The van der Waals surface area contributed by atoms with Crippen LogP contribution in [0.2, 0.25) is 0 Å². The molecule has 0 saturated heterocycles. The molecule has 176 valence electrons. The molecule has 4 rings (SSSR count). The minimum atomic E-state index is -0.782. The minimum absolute atomic E-state index is 0.0298. The minimum Gasteiger partial charge on any atom is -0.465 e. The SMILES string of the molecule is COC(=O)C1=C(C(=O)OC)N(c2ccc([N+](=O)[O-])cc2-c2nc(-c3ccccc3)cs2)C=CC=C1. The van der Waals surface area contributed by atoms with E-state index >= 15 is 0 Å². The van der Waals surface area contributed by atoms with Crippen LogP contribution in [0.3, 0.4) is 0 Å². The summed E-state index contributed by atoms with van der Waals surface area (Å²) in [7, 11) is 2.41. The van der Waals surface area contributed by atoms with Crippen molar-refractivity contribution in [2.24, 2.45) is 0 Å². The van der Waals surface area contributed by atoms with Gasteiger partial charge in [-0.25, -0.2) is 14.6 Å². The summed E-state index contributed by atoms with van der Waals surface area (Å²) in [6.45, 7) is 0. The van der Waals surface area contributed by atoms with Crippen molar-refractivity contribution < 1.29 is 24.0 Å². The van der Waals surface area contributed by atoms with Crippen molar-refractivity contribution in [1.82, 2.24) is 4.98 Å². The highest BCUT2D eigenvalue weighted by molar-refractivity contribution is 7.13. The number of ether oxygens (including phenoxy) is 2. The molecular weight excluding hydrogens is 470 g/mol. The highest BCUT2D eigenvalue weighted by atomic mass is 32.1. The first-order valence-corrected chi connectivity index (χ1v) is 11.2. The highest BCUT2D eigenvalue weighted by Crippen LogP contribution is 2.40. The van der Waals surface area contributed by atoms with Gasteiger partial charge in [-0.1, -0.05) is 36.4 Å². The second kappa shape index (κ2) is 10.1. The number of esters is 2. The number of methoxy groups -OCH3 is 2. The number of nitro groups is 1. The predicted octanol–water partition coefficient (Wildman–Crippen LogP) is 4.88. The topological polar surface area (TPSA) is 112 Å². The molecule has 2 heterocycles. The molecule has 2 aromatic carbocycles. The van der Waals surface area contributed by atoms with Crippen LogP contribution in [0.5, 0.6) is 0 Å². The molecule has 1 aliphatic rings. The lowest BCUT2D eigenvalue weighted by atomic mass is 10.1. The molecule has 0 saturated carbocycles. The molecule has 0 aliphatic carbocycles. The number of carbonyl (C=O) groups excluding carboxylic acids is 2. The second-order valence-electron chi connectivity index (χ2n) is 7.18. The van der Waals surface area contributed by atoms with E-state index in [1.165, 1.54) is 54.7 Å². The van der Waals surface area contributed by atoms with Gasteiger partial charge in [-0.15, -0.1) is 11.3 Å². The normalized spacial score (nSPS) is 12.9. The predicted molar refractivity (Wildman–Crippen MR) is 131 cm³/mol. The molecule has 3 aromatic rings. The number of thiazole rings is 1. The van der Waals surface area contributed by atoms with E-state index in [-0.39, 0.29) is 17.0 Å². The van der Waals surface area contributed by atoms with Gasteiger partial charge < -0.3 is 14.4 Å². The zero-order chi connectivity index (χ0) is 24.9. The Labute approximate surface area is 204 Å². The molecule has 10 heteroatoms. The largest absolute Gasteiger partial charge is 0.465 e. The third-order valence-corrected chi connectivity index (χ3v) is 6.02. The van der Waals surface area contributed by atoms with E-state index in [4.69, 9.17) is 14.5 Å². The summed E-state index contributed by atoms with van der Waals surface area (Å²) < 4.78 is 9.82. The monoisotopic (exact) mass is 489 g/mol. The summed E-state index contributed by atoms with van der Waals surface area (Å²) in [4.78, 5) is 42.5. The lowest BCUT2D eigenvalue weighted by molar-refractivity contribution is -0.384. The molecule has 0 fully saturated rings. The van der Waals surface area contributed by atoms with Gasteiger partial charge in [-0.2, -0.15) is 0 Å². The van der Waals surface area contributed by atoms with Crippen molar-refractivity contribution in [1.29, 1.82) is 0 Å². The number of nitro benzene ring substituents is 1. The Balaban J connectivity index is 1.93. The molecule has 1 aromatic heterocycles. The van der Waals surface area contributed by atoms with E-state index in [1.807, 2.05) is 35.7 Å². The summed E-state index contributed by atoms with van der Waals surface area (Å²) in [5.41, 5.74) is 2.12. The second-order valence-corrected chi connectivity index (χ2v) is 8.04. The molecule has 35 heavy (non-hydrogen) atoms. The number of hydrogen-bond acceptors (Lipinski definition) is 9. The summed E-state index contributed by atoms with van der Waals surface area (Å²) >= 11 is 1.30. The molecule has 0 bridgehead atoms. The van der Waals surface area contributed by atoms with Crippen molar-refractivity contribution >= 4 is 34.7 Å². The Hall–Kier alpha value is -4.57. The summed E-state index contributed by atoms with van der Waals surface area (Å²) in [5.74, 6) is -1.52. The summed E-state index contributed by atoms with van der Waals surface area (Å²) in [5, 5.41) is 13.9. The van der Waals surface area contributed by atoms with Crippen molar-refractivity contribution in [3.05, 3.63) is 99.7 Å². The van der Waals surface area contributed by atoms with E-state index in [0.717, 1.165) is 5.56 Å². The number of rotatable bonds is 6. The van der Waals surface area contributed by atoms with E-state index < -0.39 is 16.9 Å². The zero-order valence-electron chi connectivity index (χ0n) is 18.7. The highest BCUT2D eigenvalue weighted by Gasteiger charge is 2.30. The van der Waals surface area contributed by atoms with Gasteiger partial charge in [0.2, 0.25) is 0 Å². The maximum atomic E-state index is 12.8. The summed E-state index contributed by atoms with van der Waals surface area (Å²) in [6.07, 6.45) is 6.21. The van der Waals surface area contributed by atoms with Crippen LogP contribution in [0.15, 0.2) is 89.6 Å². The number of anilines is 1. The zero-order valence-corrected chi connectivity index (χ0v) is 19.5. The van der Waals surface area contributed by atoms with E-state index in [1.54, 1.807) is 18.4 Å². The van der Waals surface area contributed by atoms with Crippen LogP contribution in [-0.4, -0.2) is 36.1 Å². The third kappa shape index (κ3) is 4.73. The molecule has 0 amide bonds. The van der Waals surface area contributed by atoms with Gasteiger partial charge in [0.25, 0.3) is 5.69 Å². The Morgan fingerprint density at radius 1 is 1.03 bits per heavy atom. The maximum absolute atomic E-state index is 12.8. The smallest absolute Gasteiger partial charge is 0.355 e. The van der Waals surface area contributed by atoms with Gasteiger partial charge in [-0.3, -0.25) is 10.1 Å². The Morgan fingerprint density at radius 2 is 1.77 bits per heavy atom. The fourth-order valence-corrected chi connectivity index (χ4v) is 4.36. The number of allylic oxidation sites excluding steroid dienone is 2. The van der Waals surface area contributed by atoms with Crippen molar-refractivity contribution in [3.63, 3.8) is 0 Å². The van der Waals surface area contributed by atoms with Gasteiger partial charge in [0, 0.05) is 34.8 Å². The molecule has 0 unspecified atom stereocenters. The first-order valence-electron chi connectivity index (χ1n) is 10.3. The maximum Gasteiger partial charge on any atom is 0.355 e. The molecule has 0 N–H and O–H groups in total. The van der Waals surface area contributed by atoms with Crippen LogP contribution in [0.4, 0.5) is 11.4 Å². The van der Waals surface area contributed by atoms with Crippen molar-refractivity contribution in [2.75, 3.05) is 19.1 Å². The third-order valence-electron chi connectivity index (χ3n) is 5.14. The Bertz CT molecular complexity index is 1390. The summed E-state index contributed by atoms with van der Waals surface area (Å²) in [6, 6.07) is 13.7. The average molecular weight is 490 g/mol. The van der Waals surface area contributed by atoms with Gasteiger partial charge in [0.1, 0.15) is 10.7 Å². The van der Waals surface area contributed by atoms with Crippen molar-refractivity contribution in [2.45, 2.75) is 0 Å². The lowest BCUT2D eigenvalue weighted by Crippen LogP contribution is -2.27. The first kappa shape index (κ1) is 23.6. The lowest BCUT2D eigenvalue weighted by Gasteiger charge is -2.24. The van der Waals surface area contributed by atoms with Gasteiger partial charge in [0.15, 0.2) is 0 Å². The number of nitrogens with zero attached hydrogens (tertiary/aromatic N) is 3. The quantitative estimate of drug-likeness (QED) is 0.274. The van der Waals surface area contributed by atoms with Crippen LogP contribution >= 0.6 is 11.3 Å². The number of carbonyl (C=O) groups is 2. The van der Waals surface area contributed by atoms with Crippen molar-refractivity contribution in [3.8, 4) is 21.8 Å². The van der Waals surface area contributed by atoms with Gasteiger partial charge in [-0.05, 0) is 18.2 Å². The first-order chi connectivity index (χ1) is 16.9. The van der Waals surface area contributed by atoms with Crippen LogP contribution in [0.1, 0.15) is 0 Å². The number of non-ortho nitro benzene ring substituents is 1. The molecule has 9 nitrogen and oxygen atoms in total. The van der Waals surface area contributed by atoms with Gasteiger partial charge >= 0.3 is 11.9 Å². The number of benzene rings is 2. The molecule has 0 atom stereocenters. The van der Waals surface area contributed by atoms with Crippen LogP contribution in [-0.2, 0) is 19.1 Å². The van der Waals surface area contributed by atoms with E-state index in [9.17, 15) is 19.7 Å². The van der Waals surface area contributed by atoms with Gasteiger partial charge in [0.05, 0.1) is 36.1 Å². The van der Waals surface area contributed by atoms with Crippen LogP contribution < -0.4 is 4.90 Å². The Kier molecular flexibility index (Phi) is 6.83. The molecule has 0 radical (unpaired) electrons. The molecule has 1 aliphatic heterocycles. The average Bonchev–Trinajstić information content (AvgIpc) is 3.28. The van der Waals surface area contributed by atoms with E-state index in [2.05, 4.69) is 0 Å². The molecular formula is C25H19N3O6S. The van der Waals surface area contributed by atoms with Crippen LogP contribution in [0.25, 0.3) is 21.8 Å². The number of hydrogen-bond donors (Lipinski definition) is 0. The van der Waals surface area contributed by atoms with E-state index in [0.29, 0.717) is 22.0 Å². The van der Waals surface area contributed by atoms with Crippen LogP contribution in [0, 0.1) is 10.1 Å².